The molecule has 0 fully saturated rings. The van der Waals surface area contributed by atoms with E-state index >= 15 is 0 Å². The van der Waals surface area contributed by atoms with Crippen LogP contribution in [-0.4, -0.2) is 12.5 Å². The molecular formula is C12H14N2O. The third-order valence-corrected chi connectivity index (χ3v) is 2.33. The van der Waals surface area contributed by atoms with E-state index in [0.717, 1.165) is 25.2 Å². The van der Waals surface area contributed by atoms with Gasteiger partial charge in [0, 0.05) is 12.1 Å². The van der Waals surface area contributed by atoms with E-state index in [1.807, 2.05) is 24.3 Å². The predicted octanol–water partition coefficient (Wildman–Crippen LogP) is 1.64. The summed E-state index contributed by atoms with van der Waals surface area (Å²) < 4.78 is 0. The molecule has 0 aromatic heterocycles. The molecule has 1 heterocycles. The lowest BCUT2D eigenvalue weighted by Gasteiger charge is -2.16. The lowest BCUT2D eigenvalue weighted by Crippen LogP contribution is -2.33. The summed E-state index contributed by atoms with van der Waals surface area (Å²) in [5.74, 6) is 0.770. The molecular weight excluding hydrogens is 188 g/mol. The summed E-state index contributed by atoms with van der Waals surface area (Å²) in [7, 11) is 0. The number of rotatable bonds is 2. The largest absolute Gasteiger partial charge is 0.372 e. The SMILES string of the molecule is O=C(NC1=CCCCN1)c1ccccc1. The standard InChI is InChI=1S/C12H14N2O/c15-12(10-6-2-1-3-7-10)14-11-8-4-5-9-13-11/h1-3,6-8,13H,4-5,9H2,(H,14,15). The van der Waals surface area contributed by atoms with Crippen molar-refractivity contribution in [2.24, 2.45) is 0 Å². The van der Waals surface area contributed by atoms with Gasteiger partial charge in [0.1, 0.15) is 5.82 Å². The van der Waals surface area contributed by atoms with E-state index in [4.69, 9.17) is 0 Å². The molecule has 1 aromatic carbocycles. The summed E-state index contributed by atoms with van der Waals surface area (Å²) in [6.45, 7) is 0.931. The highest BCUT2D eigenvalue weighted by Crippen LogP contribution is 2.03. The molecule has 3 nitrogen and oxygen atoms in total. The molecule has 1 amide bonds. The van der Waals surface area contributed by atoms with Crippen LogP contribution in [0.5, 0.6) is 0 Å². The van der Waals surface area contributed by atoms with Crippen LogP contribution in [0.4, 0.5) is 0 Å². The first-order valence-electron chi connectivity index (χ1n) is 5.17. The van der Waals surface area contributed by atoms with Crippen LogP contribution in [0.25, 0.3) is 0 Å². The molecule has 0 saturated heterocycles. The van der Waals surface area contributed by atoms with E-state index in [0.29, 0.717) is 5.56 Å². The fourth-order valence-corrected chi connectivity index (χ4v) is 1.52. The van der Waals surface area contributed by atoms with Crippen molar-refractivity contribution in [1.82, 2.24) is 10.6 Å². The highest BCUT2D eigenvalue weighted by Gasteiger charge is 2.08. The second kappa shape index (κ2) is 4.64. The predicted molar refractivity (Wildman–Crippen MR) is 59.2 cm³/mol. The second-order valence-electron chi connectivity index (χ2n) is 3.51. The van der Waals surface area contributed by atoms with Crippen LogP contribution in [-0.2, 0) is 0 Å². The molecule has 0 aliphatic carbocycles. The molecule has 0 saturated carbocycles. The maximum Gasteiger partial charge on any atom is 0.256 e. The van der Waals surface area contributed by atoms with Crippen LogP contribution in [0.15, 0.2) is 42.2 Å². The van der Waals surface area contributed by atoms with E-state index in [1.165, 1.54) is 0 Å². The third-order valence-electron chi connectivity index (χ3n) is 2.33. The van der Waals surface area contributed by atoms with Crippen LogP contribution in [0.3, 0.4) is 0 Å². The average Bonchev–Trinajstić information content (AvgIpc) is 2.31. The number of amides is 1. The van der Waals surface area contributed by atoms with Crippen LogP contribution < -0.4 is 10.6 Å². The number of allylic oxidation sites excluding steroid dienone is 1. The zero-order chi connectivity index (χ0) is 10.5. The van der Waals surface area contributed by atoms with Gasteiger partial charge < -0.3 is 10.6 Å². The third kappa shape index (κ3) is 2.59. The summed E-state index contributed by atoms with van der Waals surface area (Å²) in [6, 6.07) is 9.22. The van der Waals surface area contributed by atoms with E-state index < -0.39 is 0 Å². The summed E-state index contributed by atoms with van der Waals surface area (Å²) >= 11 is 0. The monoisotopic (exact) mass is 202 g/mol. The first-order valence-corrected chi connectivity index (χ1v) is 5.17. The minimum absolute atomic E-state index is 0.0590. The van der Waals surface area contributed by atoms with E-state index in [9.17, 15) is 4.79 Å². The molecule has 0 spiro atoms. The lowest BCUT2D eigenvalue weighted by molar-refractivity contribution is 0.0962. The number of nitrogens with one attached hydrogen (secondary N) is 2. The van der Waals surface area contributed by atoms with E-state index in [2.05, 4.69) is 10.6 Å². The van der Waals surface area contributed by atoms with Gasteiger partial charge in [-0.05, 0) is 31.1 Å². The van der Waals surface area contributed by atoms with Gasteiger partial charge in [-0.1, -0.05) is 18.2 Å². The molecule has 0 unspecified atom stereocenters. The molecule has 1 aliphatic rings. The molecule has 0 radical (unpaired) electrons. The van der Waals surface area contributed by atoms with Gasteiger partial charge in [-0.15, -0.1) is 0 Å². The fourth-order valence-electron chi connectivity index (χ4n) is 1.52. The van der Waals surface area contributed by atoms with Gasteiger partial charge in [0.2, 0.25) is 0 Å². The molecule has 1 aromatic rings. The Morgan fingerprint density at radius 2 is 2.07 bits per heavy atom. The first kappa shape index (κ1) is 9.77. The highest BCUT2D eigenvalue weighted by atomic mass is 16.1. The molecule has 2 N–H and O–H groups in total. The molecule has 0 bridgehead atoms. The summed E-state index contributed by atoms with van der Waals surface area (Å²) in [5, 5.41) is 6.00. The Morgan fingerprint density at radius 3 is 2.73 bits per heavy atom. The quantitative estimate of drug-likeness (QED) is 0.765. The van der Waals surface area contributed by atoms with Crippen LogP contribution >= 0.6 is 0 Å². The molecule has 78 valence electrons. The number of benzene rings is 1. The van der Waals surface area contributed by atoms with Gasteiger partial charge in [0.15, 0.2) is 0 Å². The van der Waals surface area contributed by atoms with Crippen molar-refractivity contribution < 1.29 is 4.79 Å². The van der Waals surface area contributed by atoms with Gasteiger partial charge >= 0.3 is 0 Å². The summed E-state index contributed by atoms with van der Waals surface area (Å²) in [5.41, 5.74) is 0.686. The Balaban J connectivity index is 2.01. The summed E-state index contributed by atoms with van der Waals surface area (Å²) in [4.78, 5) is 11.7. The molecule has 15 heavy (non-hydrogen) atoms. The van der Waals surface area contributed by atoms with E-state index in [-0.39, 0.29) is 5.91 Å². The van der Waals surface area contributed by atoms with Crippen molar-refractivity contribution in [2.75, 3.05) is 6.54 Å². The minimum atomic E-state index is -0.0590. The van der Waals surface area contributed by atoms with Crippen LogP contribution in [0.1, 0.15) is 23.2 Å². The van der Waals surface area contributed by atoms with Gasteiger partial charge in [-0.2, -0.15) is 0 Å². The van der Waals surface area contributed by atoms with E-state index in [1.54, 1.807) is 12.1 Å². The lowest BCUT2D eigenvalue weighted by atomic mass is 10.2. The van der Waals surface area contributed by atoms with Crippen molar-refractivity contribution in [2.45, 2.75) is 12.8 Å². The number of hydrogen-bond acceptors (Lipinski definition) is 2. The zero-order valence-electron chi connectivity index (χ0n) is 8.49. The Labute approximate surface area is 89.2 Å². The second-order valence-corrected chi connectivity index (χ2v) is 3.51. The van der Waals surface area contributed by atoms with Gasteiger partial charge in [-0.25, -0.2) is 0 Å². The number of carbonyl (C=O) groups excluding carboxylic acids is 1. The average molecular weight is 202 g/mol. The van der Waals surface area contributed by atoms with Gasteiger partial charge in [0.25, 0.3) is 5.91 Å². The van der Waals surface area contributed by atoms with Crippen molar-refractivity contribution >= 4 is 5.91 Å². The number of hydrogen-bond donors (Lipinski definition) is 2. The molecule has 0 atom stereocenters. The van der Waals surface area contributed by atoms with Crippen LogP contribution in [0.2, 0.25) is 0 Å². The highest BCUT2D eigenvalue weighted by molar-refractivity contribution is 5.95. The minimum Gasteiger partial charge on any atom is -0.372 e. The Bertz CT molecular complexity index is 370. The van der Waals surface area contributed by atoms with Gasteiger partial charge in [0.05, 0.1) is 0 Å². The Hall–Kier alpha value is -1.77. The normalized spacial score (nSPS) is 15.1. The molecule has 2 rings (SSSR count). The zero-order valence-corrected chi connectivity index (χ0v) is 8.49. The van der Waals surface area contributed by atoms with Gasteiger partial charge in [-0.3, -0.25) is 4.79 Å². The maximum atomic E-state index is 11.7. The smallest absolute Gasteiger partial charge is 0.256 e. The van der Waals surface area contributed by atoms with Crippen molar-refractivity contribution in [3.8, 4) is 0 Å². The first-order chi connectivity index (χ1) is 7.36. The Kier molecular flexibility index (Phi) is 3.02. The molecule has 1 aliphatic heterocycles. The van der Waals surface area contributed by atoms with Crippen molar-refractivity contribution in [3.05, 3.63) is 47.8 Å². The van der Waals surface area contributed by atoms with Crippen molar-refractivity contribution in [3.63, 3.8) is 0 Å². The van der Waals surface area contributed by atoms with Crippen LogP contribution in [0, 0.1) is 0 Å². The molecule has 3 heteroatoms. The Morgan fingerprint density at radius 1 is 1.27 bits per heavy atom. The summed E-state index contributed by atoms with van der Waals surface area (Å²) in [6.07, 6.45) is 4.17. The number of carbonyl (C=O) groups is 1. The van der Waals surface area contributed by atoms with Crippen molar-refractivity contribution in [1.29, 1.82) is 0 Å². The topological polar surface area (TPSA) is 41.1 Å². The fraction of sp³-hybridized carbons (Fsp3) is 0.250. The maximum absolute atomic E-state index is 11.7.